The summed E-state index contributed by atoms with van der Waals surface area (Å²) in [6.07, 6.45) is 0. The number of benzene rings is 2. The van der Waals surface area contributed by atoms with Crippen LogP contribution in [0.1, 0.15) is 27.0 Å². The second-order valence-corrected chi connectivity index (χ2v) is 5.16. The van der Waals surface area contributed by atoms with Crippen LogP contribution in [0.4, 0.5) is 5.69 Å². The van der Waals surface area contributed by atoms with Crippen LogP contribution >= 0.6 is 0 Å². The molecule has 2 rings (SSSR count). The van der Waals surface area contributed by atoms with Crippen molar-refractivity contribution in [1.82, 2.24) is 0 Å². The molecule has 0 fully saturated rings. The highest BCUT2D eigenvalue weighted by molar-refractivity contribution is 6.04. The van der Waals surface area contributed by atoms with Crippen molar-refractivity contribution in [2.24, 2.45) is 0 Å². The van der Waals surface area contributed by atoms with Gasteiger partial charge in [-0.05, 0) is 49.2 Å². The number of carbonyl (C=O) groups excluding carboxylic acids is 1. The topological polar surface area (TPSA) is 47.6 Å². The summed E-state index contributed by atoms with van der Waals surface area (Å²) in [6.45, 7) is 4.41. The van der Waals surface area contributed by atoms with Crippen LogP contribution in [0.25, 0.3) is 0 Å². The molecule has 0 aliphatic carbocycles. The van der Waals surface area contributed by atoms with Crippen LogP contribution in [0.3, 0.4) is 0 Å². The number of hydrogen-bond donors (Lipinski definition) is 1. The molecule has 0 heterocycles. The molecule has 0 aromatic heterocycles. The number of rotatable bonds is 5. The van der Waals surface area contributed by atoms with E-state index in [1.54, 1.807) is 32.4 Å². The van der Waals surface area contributed by atoms with E-state index in [2.05, 4.69) is 5.32 Å². The van der Waals surface area contributed by atoms with Crippen LogP contribution < -0.4 is 10.1 Å². The van der Waals surface area contributed by atoms with Gasteiger partial charge >= 0.3 is 0 Å². The lowest BCUT2D eigenvalue weighted by atomic mass is 10.1. The number of aryl methyl sites for hydroxylation is 1. The van der Waals surface area contributed by atoms with Crippen LogP contribution in [0, 0.1) is 13.8 Å². The SMILES string of the molecule is COCc1cc(C(=O)Nc2cccc(C)c2C)ccc1OC. The smallest absolute Gasteiger partial charge is 0.255 e. The Bertz CT molecular complexity index is 680. The Hall–Kier alpha value is -2.33. The Morgan fingerprint density at radius 3 is 2.59 bits per heavy atom. The molecule has 2 aromatic rings. The van der Waals surface area contributed by atoms with E-state index in [4.69, 9.17) is 9.47 Å². The molecule has 0 bridgehead atoms. The number of nitrogens with one attached hydrogen (secondary N) is 1. The lowest BCUT2D eigenvalue weighted by molar-refractivity contribution is 0.102. The number of methoxy groups -OCH3 is 2. The molecule has 0 atom stereocenters. The van der Waals surface area contributed by atoms with Crippen LogP contribution in [0.2, 0.25) is 0 Å². The standard InChI is InChI=1S/C18H21NO3/c1-12-6-5-7-16(13(12)2)19-18(20)14-8-9-17(22-4)15(10-14)11-21-3/h5-10H,11H2,1-4H3,(H,19,20). The third kappa shape index (κ3) is 3.46. The first-order chi connectivity index (χ1) is 10.6. The van der Waals surface area contributed by atoms with Gasteiger partial charge in [0, 0.05) is 23.9 Å². The molecule has 0 saturated heterocycles. The first-order valence-corrected chi connectivity index (χ1v) is 7.10. The summed E-state index contributed by atoms with van der Waals surface area (Å²) in [5.41, 5.74) is 4.47. The van der Waals surface area contributed by atoms with Gasteiger partial charge in [-0.1, -0.05) is 12.1 Å². The Labute approximate surface area is 131 Å². The molecule has 0 spiro atoms. The van der Waals surface area contributed by atoms with Crippen molar-refractivity contribution in [2.45, 2.75) is 20.5 Å². The predicted molar refractivity (Wildman–Crippen MR) is 87.6 cm³/mol. The van der Waals surface area contributed by atoms with Crippen LogP contribution in [0.15, 0.2) is 36.4 Å². The van der Waals surface area contributed by atoms with E-state index in [-0.39, 0.29) is 5.91 Å². The summed E-state index contributed by atoms with van der Waals surface area (Å²) in [6, 6.07) is 11.2. The maximum absolute atomic E-state index is 12.4. The van der Waals surface area contributed by atoms with Gasteiger partial charge in [-0.25, -0.2) is 0 Å². The van der Waals surface area contributed by atoms with Crippen molar-refractivity contribution in [3.8, 4) is 5.75 Å². The highest BCUT2D eigenvalue weighted by atomic mass is 16.5. The zero-order chi connectivity index (χ0) is 16.1. The zero-order valence-electron chi connectivity index (χ0n) is 13.4. The molecule has 0 saturated carbocycles. The highest BCUT2D eigenvalue weighted by Crippen LogP contribution is 2.23. The fourth-order valence-electron chi connectivity index (χ4n) is 2.27. The normalized spacial score (nSPS) is 10.4. The Balaban J connectivity index is 2.26. The van der Waals surface area contributed by atoms with Crippen LogP contribution in [-0.2, 0) is 11.3 Å². The molecule has 2 aromatic carbocycles. The summed E-state index contributed by atoms with van der Waals surface area (Å²) < 4.78 is 10.4. The minimum atomic E-state index is -0.145. The largest absolute Gasteiger partial charge is 0.496 e. The summed E-state index contributed by atoms with van der Waals surface area (Å²) in [7, 11) is 3.21. The Morgan fingerprint density at radius 2 is 1.91 bits per heavy atom. The summed E-state index contributed by atoms with van der Waals surface area (Å²) >= 11 is 0. The van der Waals surface area contributed by atoms with Gasteiger partial charge in [0.1, 0.15) is 5.75 Å². The van der Waals surface area contributed by atoms with Crippen molar-refractivity contribution < 1.29 is 14.3 Å². The maximum Gasteiger partial charge on any atom is 0.255 e. The quantitative estimate of drug-likeness (QED) is 0.915. The van der Waals surface area contributed by atoms with E-state index in [9.17, 15) is 4.79 Å². The van der Waals surface area contributed by atoms with E-state index in [1.165, 1.54) is 0 Å². The average Bonchev–Trinajstić information content (AvgIpc) is 2.52. The van der Waals surface area contributed by atoms with Gasteiger partial charge in [0.25, 0.3) is 5.91 Å². The van der Waals surface area contributed by atoms with Gasteiger partial charge in [-0.2, -0.15) is 0 Å². The molecule has 4 nitrogen and oxygen atoms in total. The monoisotopic (exact) mass is 299 g/mol. The molecule has 0 unspecified atom stereocenters. The first kappa shape index (κ1) is 16.0. The van der Waals surface area contributed by atoms with Gasteiger partial charge < -0.3 is 14.8 Å². The van der Waals surface area contributed by atoms with E-state index < -0.39 is 0 Å². The molecule has 0 radical (unpaired) electrons. The molecule has 1 N–H and O–H groups in total. The minimum absolute atomic E-state index is 0.145. The van der Waals surface area contributed by atoms with Crippen molar-refractivity contribution in [3.63, 3.8) is 0 Å². The van der Waals surface area contributed by atoms with E-state index in [0.29, 0.717) is 17.9 Å². The molecule has 22 heavy (non-hydrogen) atoms. The van der Waals surface area contributed by atoms with Gasteiger partial charge in [0.2, 0.25) is 0 Å². The second-order valence-electron chi connectivity index (χ2n) is 5.16. The Kier molecular flexibility index (Phi) is 5.17. The summed E-state index contributed by atoms with van der Waals surface area (Å²) in [5.74, 6) is 0.568. The van der Waals surface area contributed by atoms with Gasteiger partial charge in [0.15, 0.2) is 0 Å². The molecule has 4 heteroatoms. The molecule has 1 amide bonds. The second kappa shape index (κ2) is 7.09. The van der Waals surface area contributed by atoms with E-state index >= 15 is 0 Å². The third-order valence-corrected chi connectivity index (χ3v) is 3.70. The number of carbonyl (C=O) groups is 1. The number of amides is 1. The van der Waals surface area contributed by atoms with Crippen molar-refractivity contribution in [2.75, 3.05) is 19.5 Å². The van der Waals surface area contributed by atoms with Crippen LogP contribution in [-0.4, -0.2) is 20.1 Å². The van der Waals surface area contributed by atoms with Crippen molar-refractivity contribution in [3.05, 3.63) is 58.7 Å². The summed E-state index contributed by atoms with van der Waals surface area (Å²) in [4.78, 5) is 12.4. The fraction of sp³-hybridized carbons (Fsp3) is 0.278. The van der Waals surface area contributed by atoms with E-state index in [0.717, 1.165) is 22.4 Å². The number of ether oxygens (including phenoxy) is 2. The summed E-state index contributed by atoms with van der Waals surface area (Å²) in [5, 5.41) is 2.95. The molecule has 0 aliphatic rings. The maximum atomic E-state index is 12.4. The lowest BCUT2D eigenvalue weighted by Crippen LogP contribution is -2.13. The predicted octanol–water partition coefficient (Wildman–Crippen LogP) is 3.71. The first-order valence-electron chi connectivity index (χ1n) is 7.10. The van der Waals surface area contributed by atoms with Gasteiger partial charge in [-0.3, -0.25) is 4.79 Å². The number of anilines is 1. The fourth-order valence-corrected chi connectivity index (χ4v) is 2.27. The van der Waals surface area contributed by atoms with Gasteiger partial charge in [-0.15, -0.1) is 0 Å². The highest BCUT2D eigenvalue weighted by Gasteiger charge is 2.12. The third-order valence-electron chi connectivity index (χ3n) is 3.70. The average molecular weight is 299 g/mol. The number of hydrogen-bond acceptors (Lipinski definition) is 3. The van der Waals surface area contributed by atoms with E-state index in [1.807, 2.05) is 32.0 Å². The van der Waals surface area contributed by atoms with Crippen LogP contribution in [0.5, 0.6) is 5.75 Å². The molecule has 116 valence electrons. The molecular formula is C18H21NO3. The lowest BCUT2D eigenvalue weighted by Gasteiger charge is -2.12. The Morgan fingerprint density at radius 1 is 1.14 bits per heavy atom. The molecule has 0 aliphatic heterocycles. The van der Waals surface area contributed by atoms with Crippen molar-refractivity contribution >= 4 is 11.6 Å². The van der Waals surface area contributed by atoms with Gasteiger partial charge in [0.05, 0.1) is 13.7 Å². The zero-order valence-corrected chi connectivity index (χ0v) is 13.4. The molecular weight excluding hydrogens is 278 g/mol. The van der Waals surface area contributed by atoms with Crippen molar-refractivity contribution in [1.29, 1.82) is 0 Å². The minimum Gasteiger partial charge on any atom is -0.496 e.